The van der Waals surface area contributed by atoms with Gasteiger partial charge < -0.3 is 10.2 Å². The molecule has 1 unspecified atom stereocenters. The predicted molar refractivity (Wildman–Crippen MR) is 102 cm³/mol. The third kappa shape index (κ3) is 8.83. The highest BCUT2D eigenvalue weighted by Gasteiger charge is 2.39. The summed E-state index contributed by atoms with van der Waals surface area (Å²) in [6, 6.07) is 9.17. The molecule has 6 heteroatoms. The summed E-state index contributed by atoms with van der Waals surface area (Å²) >= 11 is 0. The SMILES string of the molecule is C=C.C=C.CCCCC1C(=O)NN(c2ccccc2)C1=O.OCCO. The lowest BCUT2D eigenvalue weighted by Gasteiger charge is -2.14. The Bertz CT molecular complexity index is 476. The number of unbranched alkanes of at least 4 members (excludes halogenated alkanes) is 1. The number of carbonyl (C=O) groups is 2. The molecule has 0 aromatic heterocycles. The van der Waals surface area contributed by atoms with Crippen LogP contribution in [0.25, 0.3) is 0 Å². The number of aliphatic hydroxyl groups is 2. The van der Waals surface area contributed by atoms with Crippen molar-refractivity contribution >= 4 is 17.5 Å². The average Bonchev–Trinajstić information content (AvgIpc) is 2.98. The summed E-state index contributed by atoms with van der Waals surface area (Å²) in [6.07, 6.45) is 2.51. The number of nitrogens with zero attached hydrogens (tertiary/aromatic N) is 1. The van der Waals surface area contributed by atoms with Crippen LogP contribution in [0, 0.1) is 5.92 Å². The van der Waals surface area contributed by atoms with Crippen LogP contribution in [-0.4, -0.2) is 35.2 Å². The highest BCUT2D eigenvalue weighted by atomic mass is 16.3. The van der Waals surface area contributed by atoms with Crippen LogP contribution in [0.4, 0.5) is 5.69 Å². The third-order valence-corrected chi connectivity index (χ3v) is 3.02. The van der Waals surface area contributed by atoms with E-state index in [4.69, 9.17) is 10.2 Å². The quantitative estimate of drug-likeness (QED) is 0.562. The van der Waals surface area contributed by atoms with Gasteiger partial charge in [-0.3, -0.25) is 15.0 Å². The number of rotatable bonds is 5. The Morgan fingerprint density at radius 2 is 1.56 bits per heavy atom. The summed E-state index contributed by atoms with van der Waals surface area (Å²) in [4.78, 5) is 23.8. The molecule has 0 saturated carbocycles. The number of hydrogen-bond acceptors (Lipinski definition) is 4. The normalized spacial score (nSPS) is 14.8. The minimum absolute atomic E-state index is 0.125. The first-order valence-electron chi connectivity index (χ1n) is 8.06. The van der Waals surface area contributed by atoms with E-state index in [1.807, 2.05) is 25.1 Å². The van der Waals surface area contributed by atoms with Gasteiger partial charge in [-0.15, -0.1) is 26.3 Å². The molecule has 6 nitrogen and oxygen atoms in total. The molecule has 2 amide bonds. The van der Waals surface area contributed by atoms with Gasteiger partial charge in [-0.05, 0) is 18.6 Å². The standard InChI is InChI=1S/C13H16N2O2.C2H6O2.2C2H4/c1-2-3-9-11-12(16)14-15(13(11)17)10-7-5-4-6-8-10;3-1-2-4;2*1-2/h4-8,11H,2-3,9H2,1H3,(H,14,16);3-4H,1-2H2;2*1-2H2. The molecule has 1 aliphatic heterocycles. The number of para-hydroxylation sites is 1. The summed E-state index contributed by atoms with van der Waals surface area (Å²) in [5.74, 6) is -0.850. The molecular weight excluding hydrogens is 320 g/mol. The van der Waals surface area contributed by atoms with E-state index in [2.05, 4.69) is 31.7 Å². The summed E-state index contributed by atoms with van der Waals surface area (Å²) in [7, 11) is 0. The van der Waals surface area contributed by atoms with Gasteiger partial charge in [0.25, 0.3) is 11.8 Å². The highest BCUT2D eigenvalue weighted by molar-refractivity contribution is 6.14. The maximum atomic E-state index is 12.1. The van der Waals surface area contributed by atoms with Crippen LogP contribution >= 0.6 is 0 Å². The van der Waals surface area contributed by atoms with Crippen molar-refractivity contribution in [3.63, 3.8) is 0 Å². The van der Waals surface area contributed by atoms with Crippen LogP contribution in [0.1, 0.15) is 26.2 Å². The maximum absolute atomic E-state index is 12.1. The fourth-order valence-electron chi connectivity index (χ4n) is 1.94. The van der Waals surface area contributed by atoms with Gasteiger partial charge in [0.1, 0.15) is 5.92 Å². The Hall–Kier alpha value is -2.44. The van der Waals surface area contributed by atoms with Gasteiger partial charge in [-0.1, -0.05) is 38.0 Å². The lowest BCUT2D eigenvalue weighted by Crippen LogP contribution is -2.35. The zero-order valence-electron chi connectivity index (χ0n) is 15.0. The monoisotopic (exact) mass is 350 g/mol. The second-order valence-corrected chi connectivity index (χ2v) is 4.63. The molecule has 1 saturated heterocycles. The van der Waals surface area contributed by atoms with E-state index >= 15 is 0 Å². The fraction of sp³-hybridized carbons (Fsp3) is 0.368. The van der Waals surface area contributed by atoms with Crippen molar-refractivity contribution in [2.45, 2.75) is 26.2 Å². The molecule has 0 radical (unpaired) electrons. The van der Waals surface area contributed by atoms with Gasteiger partial charge in [-0.2, -0.15) is 0 Å². The molecule has 1 aliphatic rings. The number of aliphatic hydroxyl groups excluding tert-OH is 2. The first-order chi connectivity index (χ1) is 12.2. The molecule has 25 heavy (non-hydrogen) atoms. The Labute approximate surface area is 150 Å². The van der Waals surface area contributed by atoms with Gasteiger partial charge in [0.05, 0.1) is 18.9 Å². The summed E-state index contributed by atoms with van der Waals surface area (Å²) in [5.41, 5.74) is 3.34. The van der Waals surface area contributed by atoms with Crippen LogP contribution in [0.5, 0.6) is 0 Å². The molecule has 0 bridgehead atoms. The smallest absolute Gasteiger partial charge is 0.258 e. The van der Waals surface area contributed by atoms with Crippen molar-refractivity contribution in [1.82, 2.24) is 5.43 Å². The van der Waals surface area contributed by atoms with Crippen LogP contribution < -0.4 is 10.4 Å². The maximum Gasteiger partial charge on any atom is 0.258 e. The van der Waals surface area contributed by atoms with Gasteiger partial charge in [-0.25, -0.2) is 5.01 Å². The van der Waals surface area contributed by atoms with E-state index in [1.165, 1.54) is 5.01 Å². The van der Waals surface area contributed by atoms with Crippen molar-refractivity contribution in [3.05, 3.63) is 56.6 Å². The van der Waals surface area contributed by atoms with Crippen LogP contribution in [-0.2, 0) is 9.59 Å². The van der Waals surface area contributed by atoms with Crippen molar-refractivity contribution in [2.75, 3.05) is 18.2 Å². The third-order valence-electron chi connectivity index (χ3n) is 3.02. The molecule has 140 valence electrons. The van der Waals surface area contributed by atoms with Crippen molar-refractivity contribution in [2.24, 2.45) is 5.92 Å². The zero-order valence-corrected chi connectivity index (χ0v) is 15.0. The highest BCUT2D eigenvalue weighted by Crippen LogP contribution is 2.22. The van der Waals surface area contributed by atoms with E-state index in [0.29, 0.717) is 12.1 Å². The van der Waals surface area contributed by atoms with Crippen molar-refractivity contribution < 1.29 is 19.8 Å². The Morgan fingerprint density at radius 1 is 1.04 bits per heavy atom. The van der Waals surface area contributed by atoms with Gasteiger partial charge in [0.2, 0.25) is 0 Å². The van der Waals surface area contributed by atoms with E-state index in [-0.39, 0.29) is 25.0 Å². The fourth-order valence-corrected chi connectivity index (χ4v) is 1.94. The molecular formula is C19H30N2O4. The van der Waals surface area contributed by atoms with Crippen LogP contribution in [0.15, 0.2) is 56.6 Å². The van der Waals surface area contributed by atoms with Gasteiger partial charge >= 0.3 is 0 Å². The predicted octanol–water partition coefficient (Wildman–Crippen LogP) is 2.45. The lowest BCUT2D eigenvalue weighted by atomic mass is 10.0. The zero-order chi connectivity index (χ0) is 19.7. The topological polar surface area (TPSA) is 89.9 Å². The second kappa shape index (κ2) is 16.4. The number of benzene rings is 1. The molecule has 1 fully saturated rings. The number of hydrazine groups is 1. The number of amides is 2. The number of nitrogens with one attached hydrogen (secondary N) is 1. The van der Waals surface area contributed by atoms with E-state index in [0.717, 1.165) is 12.8 Å². The molecule has 2 rings (SSSR count). The first kappa shape index (κ1) is 24.8. The first-order valence-corrected chi connectivity index (χ1v) is 8.06. The molecule has 0 aliphatic carbocycles. The minimum atomic E-state index is -0.518. The Morgan fingerprint density at radius 3 is 2.00 bits per heavy atom. The lowest BCUT2D eigenvalue weighted by molar-refractivity contribution is -0.127. The molecule has 3 N–H and O–H groups in total. The van der Waals surface area contributed by atoms with E-state index in [9.17, 15) is 9.59 Å². The average molecular weight is 350 g/mol. The summed E-state index contributed by atoms with van der Waals surface area (Å²) < 4.78 is 0. The van der Waals surface area contributed by atoms with Crippen molar-refractivity contribution in [1.29, 1.82) is 0 Å². The molecule has 1 aromatic rings. The number of anilines is 1. The summed E-state index contributed by atoms with van der Waals surface area (Å²) in [6.45, 7) is 13.8. The molecule has 1 heterocycles. The summed E-state index contributed by atoms with van der Waals surface area (Å²) in [5, 5.41) is 16.6. The van der Waals surface area contributed by atoms with Crippen LogP contribution in [0.3, 0.4) is 0 Å². The Kier molecular flexibility index (Phi) is 16.3. The molecule has 0 spiro atoms. The Balaban J connectivity index is 0. The second-order valence-electron chi connectivity index (χ2n) is 4.63. The van der Waals surface area contributed by atoms with Crippen LogP contribution in [0.2, 0.25) is 0 Å². The van der Waals surface area contributed by atoms with Crippen molar-refractivity contribution in [3.8, 4) is 0 Å². The largest absolute Gasteiger partial charge is 0.394 e. The molecule has 1 aromatic carbocycles. The minimum Gasteiger partial charge on any atom is -0.394 e. The number of carbonyl (C=O) groups excluding carboxylic acids is 2. The van der Waals surface area contributed by atoms with Gasteiger partial charge in [0, 0.05) is 0 Å². The van der Waals surface area contributed by atoms with Gasteiger partial charge in [0.15, 0.2) is 0 Å². The van der Waals surface area contributed by atoms with E-state index < -0.39 is 5.92 Å². The van der Waals surface area contributed by atoms with E-state index in [1.54, 1.807) is 12.1 Å². The molecule has 1 atom stereocenters. The number of hydrogen-bond donors (Lipinski definition) is 3.